The van der Waals surface area contributed by atoms with Crippen LogP contribution in [0.4, 0.5) is 5.69 Å². The van der Waals surface area contributed by atoms with Crippen LogP contribution in [0.2, 0.25) is 0 Å². The molecule has 4 rings (SSSR count). The van der Waals surface area contributed by atoms with Crippen LogP contribution in [-0.4, -0.2) is 16.6 Å². The normalized spacial score (nSPS) is 10.7. The Labute approximate surface area is 178 Å². The molecule has 0 aliphatic carbocycles. The van der Waals surface area contributed by atoms with Gasteiger partial charge in [-0.3, -0.25) is 4.79 Å². The zero-order valence-corrected chi connectivity index (χ0v) is 17.6. The molecule has 0 radical (unpaired) electrons. The van der Waals surface area contributed by atoms with Crippen molar-refractivity contribution in [2.45, 2.75) is 11.3 Å². The predicted octanol–water partition coefficient (Wildman–Crippen LogP) is 6.52. The van der Waals surface area contributed by atoms with Crippen molar-refractivity contribution in [2.24, 2.45) is 0 Å². The van der Waals surface area contributed by atoms with E-state index in [9.17, 15) is 4.79 Å². The zero-order chi connectivity index (χ0) is 20.1. The summed E-state index contributed by atoms with van der Waals surface area (Å²) in [5.74, 6) is 0.298. The van der Waals surface area contributed by atoms with Gasteiger partial charge < -0.3 is 5.32 Å². The lowest BCUT2D eigenvalue weighted by atomic mass is 10.1. The third kappa shape index (κ3) is 4.75. The number of hydrogen-bond acceptors (Lipinski definition) is 4. The van der Waals surface area contributed by atoms with Crippen LogP contribution in [0.15, 0.2) is 89.3 Å². The number of amides is 1. The van der Waals surface area contributed by atoms with E-state index in [2.05, 4.69) is 29.6 Å². The van der Waals surface area contributed by atoms with Gasteiger partial charge in [-0.15, -0.1) is 11.3 Å². The van der Waals surface area contributed by atoms with Crippen molar-refractivity contribution in [1.29, 1.82) is 0 Å². The molecule has 5 heteroatoms. The SMILES string of the molecule is Cc1ccccc1NC(=O)CSc1nc(-c2ccccc2)c(-c2ccccc2)s1. The number of aryl methyl sites for hydroxylation is 1. The lowest BCUT2D eigenvalue weighted by molar-refractivity contribution is -0.113. The highest BCUT2D eigenvalue weighted by atomic mass is 32.2. The molecule has 3 aromatic carbocycles. The van der Waals surface area contributed by atoms with Crippen molar-refractivity contribution < 1.29 is 4.79 Å². The van der Waals surface area contributed by atoms with Crippen LogP contribution < -0.4 is 5.32 Å². The van der Waals surface area contributed by atoms with E-state index >= 15 is 0 Å². The van der Waals surface area contributed by atoms with Crippen LogP contribution in [0, 0.1) is 6.92 Å². The smallest absolute Gasteiger partial charge is 0.234 e. The molecule has 0 unspecified atom stereocenters. The lowest BCUT2D eigenvalue weighted by Crippen LogP contribution is -2.14. The second kappa shape index (κ2) is 9.07. The Morgan fingerprint density at radius 3 is 2.21 bits per heavy atom. The summed E-state index contributed by atoms with van der Waals surface area (Å²) in [6.45, 7) is 1.99. The van der Waals surface area contributed by atoms with E-state index in [1.807, 2.05) is 67.6 Å². The van der Waals surface area contributed by atoms with Gasteiger partial charge in [-0.2, -0.15) is 0 Å². The maximum absolute atomic E-state index is 12.4. The summed E-state index contributed by atoms with van der Waals surface area (Å²) in [4.78, 5) is 18.4. The highest BCUT2D eigenvalue weighted by molar-refractivity contribution is 8.01. The number of thiazole rings is 1. The first-order valence-electron chi connectivity index (χ1n) is 9.30. The van der Waals surface area contributed by atoms with Crippen LogP contribution in [0.5, 0.6) is 0 Å². The zero-order valence-electron chi connectivity index (χ0n) is 16.0. The molecule has 0 spiro atoms. The van der Waals surface area contributed by atoms with Crippen molar-refractivity contribution in [3.8, 4) is 21.7 Å². The number of benzene rings is 3. The number of anilines is 1. The molecule has 3 nitrogen and oxygen atoms in total. The fourth-order valence-electron chi connectivity index (χ4n) is 2.97. The molecule has 0 saturated carbocycles. The molecule has 0 bridgehead atoms. The highest BCUT2D eigenvalue weighted by Crippen LogP contribution is 2.40. The first kappa shape index (κ1) is 19.4. The van der Waals surface area contributed by atoms with Crippen molar-refractivity contribution in [2.75, 3.05) is 11.1 Å². The number of nitrogens with one attached hydrogen (secondary N) is 1. The Hall–Kier alpha value is -2.89. The average Bonchev–Trinajstić information content (AvgIpc) is 3.20. The second-order valence-corrected chi connectivity index (χ2v) is 8.76. The monoisotopic (exact) mass is 416 g/mol. The summed E-state index contributed by atoms with van der Waals surface area (Å²) in [5.41, 5.74) is 5.09. The summed E-state index contributed by atoms with van der Waals surface area (Å²) >= 11 is 3.10. The van der Waals surface area contributed by atoms with Gasteiger partial charge in [0.15, 0.2) is 4.34 Å². The first-order chi connectivity index (χ1) is 14.2. The van der Waals surface area contributed by atoms with Gasteiger partial charge in [0.05, 0.1) is 16.3 Å². The summed E-state index contributed by atoms with van der Waals surface area (Å²) in [6, 6.07) is 28.3. The molecule has 0 fully saturated rings. The summed E-state index contributed by atoms with van der Waals surface area (Å²) in [6.07, 6.45) is 0. The number of carbonyl (C=O) groups excluding carboxylic acids is 1. The summed E-state index contributed by atoms with van der Waals surface area (Å²) in [7, 11) is 0. The molecule has 0 atom stereocenters. The second-order valence-electron chi connectivity index (χ2n) is 6.54. The third-order valence-corrected chi connectivity index (χ3v) is 6.68. The first-order valence-corrected chi connectivity index (χ1v) is 11.1. The molecular formula is C24H20N2OS2. The minimum atomic E-state index is -0.0259. The molecule has 1 N–H and O–H groups in total. The molecule has 4 aromatic rings. The number of nitrogens with zero attached hydrogens (tertiary/aromatic N) is 1. The molecule has 0 aliphatic rings. The Morgan fingerprint density at radius 1 is 0.897 bits per heavy atom. The molecular weight excluding hydrogens is 396 g/mol. The third-order valence-electron chi connectivity index (χ3n) is 4.44. The van der Waals surface area contributed by atoms with Gasteiger partial charge >= 0.3 is 0 Å². The van der Waals surface area contributed by atoms with Gasteiger partial charge in [0.1, 0.15) is 0 Å². The molecule has 144 valence electrons. The van der Waals surface area contributed by atoms with Crippen molar-refractivity contribution in [3.63, 3.8) is 0 Å². The Balaban J connectivity index is 1.54. The van der Waals surface area contributed by atoms with Crippen molar-refractivity contribution in [1.82, 2.24) is 4.98 Å². The van der Waals surface area contributed by atoms with Crippen LogP contribution in [0.25, 0.3) is 21.7 Å². The van der Waals surface area contributed by atoms with E-state index in [1.54, 1.807) is 11.3 Å². The molecule has 0 aliphatic heterocycles. The number of para-hydroxylation sites is 1. The van der Waals surface area contributed by atoms with E-state index in [-0.39, 0.29) is 5.91 Å². The van der Waals surface area contributed by atoms with Crippen LogP contribution >= 0.6 is 23.1 Å². The van der Waals surface area contributed by atoms with E-state index in [0.717, 1.165) is 37.3 Å². The van der Waals surface area contributed by atoms with Crippen molar-refractivity contribution in [3.05, 3.63) is 90.5 Å². The Bertz CT molecular complexity index is 1050. The van der Waals surface area contributed by atoms with Gasteiger partial charge in [-0.05, 0) is 24.1 Å². The highest BCUT2D eigenvalue weighted by Gasteiger charge is 2.16. The minimum absolute atomic E-state index is 0.0259. The van der Waals surface area contributed by atoms with E-state index in [1.165, 1.54) is 11.8 Å². The summed E-state index contributed by atoms with van der Waals surface area (Å²) in [5, 5.41) is 2.98. The molecule has 0 saturated heterocycles. The van der Waals surface area contributed by atoms with Gasteiger partial charge in [-0.1, -0.05) is 90.6 Å². The molecule has 1 heterocycles. The number of aromatic nitrogens is 1. The largest absolute Gasteiger partial charge is 0.325 e. The number of hydrogen-bond donors (Lipinski definition) is 1. The van der Waals surface area contributed by atoms with E-state index in [0.29, 0.717) is 5.75 Å². The van der Waals surface area contributed by atoms with Gasteiger partial charge in [0.2, 0.25) is 5.91 Å². The van der Waals surface area contributed by atoms with E-state index in [4.69, 9.17) is 4.98 Å². The maximum Gasteiger partial charge on any atom is 0.234 e. The lowest BCUT2D eigenvalue weighted by Gasteiger charge is -2.06. The average molecular weight is 417 g/mol. The van der Waals surface area contributed by atoms with Crippen molar-refractivity contribution >= 4 is 34.7 Å². The Kier molecular flexibility index (Phi) is 6.08. The Morgan fingerprint density at radius 2 is 1.52 bits per heavy atom. The quantitative estimate of drug-likeness (QED) is 0.364. The fourth-order valence-corrected chi connectivity index (χ4v) is 4.94. The van der Waals surface area contributed by atoms with Gasteiger partial charge in [0.25, 0.3) is 0 Å². The fraction of sp³-hybridized carbons (Fsp3) is 0.0833. The molecule has 1 amide bonds. The topological polar surface area (TPSA) is 42.0 Å². The van der Waals surface area contributed by atoms with Gasteiger partial charge in [0, 0.05) is 11.3 Å². The maximum atomic E-state index is 12.4. The predicted molar refractivity (Wildman–Crippen MR) is 124 cm³/mol. The van der Waals surface area contributed by atoms with Crippen LogP contribution in [0.3, 0.4) is 0 Å². The van der Waals surface area contributed by atoms with E-state index < -0.39 is 0 Å². The number of carbonyl (C=O) groups is 1. The van der Waals surface area contributed by atoms with Crippen LogP contribution in [-0.2, 0) is 4.79 Å². The number of rotatable bonds is 6. The molecule has 1 aromatic heterocycles. The standard InChI is InChI=1S/C24H20N2OS2/c1-17-10-8-9-15-20(17)25-21(27)16-28-24-26-22(18-11-4-2-5-12-18)23(29-24)19-13-6-3-7-14-19/h2-15H,16H2,1H3,(H,25,27). The number of thioether (sulfide) groups is 1. The van der Waals surface area contributed by atoms with Crippen LogP contribution in [0.1, 0.15) is 5.56 Å². The molecule has 29 heavy (non-hydrogen) atoms. The summed E-state index contributed by atoms with van der Waals surface area (Å²) < 4.78 is 0.891. The van der Waals surface area contributed by atoms with Gasteiger partial charge in [-0.25, -0.2) is 4.98 Å². The minimum Gasteiger partial charge on any atom is -0.325 e.